The number of nitrogens with zero attached hydrogens (tertiary/aromatic N) is 4. The Hall–Kier alpha value is -11.0. The molecule has 0 bridgehead atoms. The van der Waals surface area contributed by atoms with E-state index in [-0.39, 0.29) is 0 Å². The van der Waals surface area contributed by atoms with Gasteiger partial charge in [-0.2, -0.15) is 0 Å². The molecule has 714 valence electrons. The first-order valence-electron chi connectivity index (χ1n) is 58.8. The van der Waals surface area contributed by atoms with E-state index in [1.807, 2.05) is 89.3 Å². The Morgan fingerprint density at radius 1 is 0.183 bits per heavy atom. The molecule has 5 fully saturated rings. The lowest BCUT2D eigenvalue weighted by Gasteiger charge is -2.50. The van der Waals surface area contributed by atoms with Gasteiger partial charge in [-0.05, 0) is 194 Å². The Bertz CT molecular complexity index is 8010. The molecule has 0 amide bonds. The normalized spacial score (nSPS) is 19.3. The van der Waals surface area contributed by atoms with Gasteiger partial charge in [-0.15, -0.1) is 0 Å². The molecule has 0 saturated carbocycles. The van der Waals surface area contributed by atoms with Gasteiger partial charge in [0.25, 0.3) is 0 Å². The lowest BCUT2D eigenvalue weighted by atomic mass is 9.97. The van der Waals surface area contributed by atoms with Crippen molar-refractivity contribution in [3.8, 4) is 89.5 Å². The van der Waals surface area contributed by atoms with Gasteiger partial charge < -0.3 is 0 Å². The lowest BCUT2D eigenvalue weighted by Crippen LogP contribution is -2.81. The molecule has 9 aliphatic rings. The van der Waals surface area contributed by atoms with Gasteiger partial charge in [-0.25, -0.2) is 18.3 Å². The summed E-state index contributed by atoms with van der Waals surface area (Å²) >= 11 is 0. The van der Waals surface area contributed by atoms with E-state index in [0.717, 1.165) is 89.5 Å². The molecule has 9 aliphatic heterocycles. The number of benzene rings is 12. The molecule has 4 aromatic heterocycles. The Balaban J connectivity index is 0.000000116. The Kier molecular flexibility index (Phi) is 21.6. The fraction of sp³-hybridized carbons (Fsp3) is 0.292. The summed E-state index contributed by atoms with van der Waals surface area (Å²) < 4.78 is 109. The quantitative estimate of drug-likeness (QED) is 0.106. The Labute approximate surface area is 873 Å². The maximum Gasteiger partial charge on any atom is 0.213 e. The fourth-order valence-electron chi connectivity index (χ4n) is 28.4. The van der Waals surface area contributed by atoms with Gasteiger partial charge in [-0.3, -0.25) is 0 Å². The molecule has 142 heavy (non-hydrogen) atoms. The number of hydrogen-bond donors (Lipinski definition) is 0. The first kappa shape index (κ1) is 82.3. The van der Waals surface area contributed by atoms with Crippen LogP contribution in [0.1, 0.15) is 125 Å². The van der Waals surface area contributed by atoms with Crippen molar-refractivity contribution in [3.63, 3.8) is 0 Å². The number of fused-ring (bicyclic) bond motifs is 18. The molecule has 12 heteroatoms. The maximum atomic E-state index is 8.54. The van der Waals surface area contributed by atoms with Gasteiger partial charge in [0, 0.05) is 85.2 Å². The van der Waals surface area contributed by atoms with E-state index in [1.165, 1.54) is 162 Å². The second-order valence-electron chi connectivity index (χ2n) is 45.2. The fourth-order valence-corrected chi connectivity index (χ4v) is 75.5. The third kappa shape index (κ3) is 15.9. The molecule has 0 aliphatic carbocycles. The third-order valence-corrected chi connectivity index (χ3v) is 74.5. The molecule has 12 aromatic carbocycles. The number of pyridine rings is 4. The highest BCUT2D eigenvalue weighted by Gasteiger charge is 2.59. The zero-order chi connectivity index (χ0) is 108. The Morgan fingerprint density at radius 2 is 0.373 bits per heavy atom. The number of aryl methyl sites for hydroxylation is 12. The summed E-state index contributed by atoms with van der Waals surface area (Å²) in [6.45, 7) is 14.4. The molecule has 5 spiro atoms. The van der Waals surface area contributed by atoms with Crippen LogP contribution < -0.4 is 101 Å². The van der Waals surface area contributed by atoms with Crippen molar-refractivity contribution < 1.29 is 34.7 Å². The molecular formula is C130H146N4Si8+4. The van der Waals surface area contributed by atoms with Crippen molar-refractivity contribution in [2.75, 3.05) is 0 Å². The molecule has 5 saturated heterocycles. The van der Waals surface area contributed by atoms with Crippen molar-refractivity contribution in [1.82, 2.24) is 0 Å². The van der Waals surface area contributed by atoms with E-state index >= 15 is 0 Å². The number of rotatable bonds is 8. The molecule has 13 heterocycles. The zero-order valence-corrected chi connectivity index (χ0v) is 94.0. The number of hydrogen-bond acceptors (Lipinski definition) is 0. The largest absolute Gasteiger partial charge is 0.213 e. The Morgan fingerprint density at radius 3 is 0.648 bits per heavy atom. The van der Waals surface area contributed by atoms with Crippen LogP contribution in [0.15, 0.2) is 316 Å². The highest BCUT2D eigenvalue weighted by Crippen LogP contribution is 2.44. The first-order chi connectivity index (χ1) is 73.4. The van der Waals surface area contributed by atoms with Crippen LogP contribution in [-0.2, 0) is 28.2 Å². The van der Waals surface area contributed by atoms with Crippen LogP contribution in [-0.4, -0.2) is 64.6 Å². The second-order valence-corrected chi connectivity index (χ2v) is 79.4. The number of aromatic nitrogens is 4. The van der Waals surface area contributed by atoms with Crippen LogP contribution >= 0.6 is 0 Å². The third-order valence-electron chi connectivity index (χ3n) is 36.1. The van der Waals surface area contributed by atoms with Gasteiger partial charge in [-0.1, -0.05) is 441 Å². The van der Waals surface area contributed by atoms with E-state index in [4.69, 9.17) is 16.4 Å². The van der Waals surface area contributed by atoms with Crippen molar-refractivity contribution in [1.29, 1.82) is 0 Å². The summed E-state index contributed by atoms with van der Waals surface area (Å²) in [5, 5.41) is 26.2. The lowest BCUT2D eigenvalue weighted by molar-refractivity contribution is -0.660. The van der Waals surface area contributed by atoms with Crippen LogP contribution in [0.25, 0.3) is 89.5 Å². The topological polar surface area (TPSA) is 15.5 Å². The van der Waals surface area contributed by atoms with Crippen LogP contribution in [0.5, 0.6) is 0 Å². The smallest absolute Gasteiger partial charge is 0.201 e. The average molecular weight is 2000 g/mol. The summed E-state index contributed by atoms with van der Waals surface area (Å²) in [7, 11) is -6.99. The molecular weight excluding hydrogens is 1840 g/mol. The minimum Gasteiger partial charge on any atom is -0.201 e. The van der Waals surface area contributed by atoms with Gasteiger partial charge in [0.15, 0.2) is 24.8 Å². The van der Waals surface area contributed by atoms with Crippen LogP contribution in [0.4, 0.5) is 0 Å². The standard InChI is InChI=1S/C36H42NSi2.C34H38NSi2.C30H32NSi2.C30H34NSi2/c1-27-14-6-7-15-30(27)32-25-31(28(2)26-37(32)3)29-18-19-35-36(24-29)39(22-12-5-13-23-39)34-17-9-8-16-33(34)38(35)20-10-4-11-21-38;1-25-12-4-5-13-28(25)30-23-29(26(2)24-35(30)3)27-16-17-33-34(22-27)37(20-10-11-21-37)32-15-7-6-14-31(32)36(33)18-8-9-19-36;1-21-10-6-7-11-24(21)26-19-25(22(2)20-31(26)3)23-14-15-28-30(18-23)33(16-17-33)29-13-9-8-12-27(29)32(28,4)5;1-21-12-8-9-13-24(21)26-19-25(22(2)20-31(26)3)23-16-17-29-30(18-23)33(6,7)28-15-11-10-14-27(28)32(29,4)5/h6-9,14-19,24-26H,4-5,10-13,20-23H2,1-3H3;4-7,12-17,22-24H,8-11,18-21H2,1-3H3;6-15,18-20H,16-17H2,1-5H3;8-20H,1-7H3/q4*+1/i4*2D3. The highest BCUT2D eigenvalue weighted by atomic mass is 28.4. The van der Waals surface area contributed by atoms with E-state index in [1.54, 1.807) is 73.6 Å². The molecule has 16 aromatic rings. The van der Waals surface area contributed by atoms with Crippen molar-refractivity contribution >= 4 is 148 Å². The van der Waals surface area contributed by atoms with Crippen molar-refractivity contribution in [2.24, 2.45) is 28.2 Å². The second kappa shape index (κ2) is 37.2. The first-order valence-corrected chi connectivity index (χ1v) is 73.9. The summed E-state index contributed by atoms with van der Waals surface area (Å²) in [6, 6.07) is 121. The average Bonchev–Trinajstić information content (AvgIpc) is 1.34. The van der Waals surface area contributed by atoms with E-state index in [0.29, 0.717) is 22.3 Å². The maximum absolute atomic E-state index is 8.54. The molecule has 4 nitrogen and oxygen atoms in total. The summed E-state index contributed by atoms with van der Waals surface area (Å²) in [5.41, 5.74) is 22.7. The molecule has 0 radical (unpaired) electrons. The van der Waals surface area contributed by atoms with Gasteiger partial charge >= 0.3 is 0 Å². The van der Waals surface area contributed by atoms with E-state index in [9.17, 15) is 0 Å². The monoisotopic (exact) mass is 2000 g/mol. The molecule has 25 rings (SSSR count). The minimum absolute atomic E-state index is 0.398. The predicted molar refractivity (Wildman–Crippen MR) is 627 cm³/mol. The summed E-state index contributed by atoms with van der Waals surface area (Å²) in [4.78, 5) is 0. The molecule has 0 N–H and O–H groups in total. The minimum atomic E-state index is -2.21. The zero-order valence-electron chi connectivity index (χ0n) is 98.0. The van der Waals surface area contributed by atoms with Crippen LogP contribution in [0, 0.1) is 55.1 Å². The van der Waals surface area contributed by atoms with Crippen LogP contribution in [0.3, 0.4) is 0 Å². The van der Waals surface area contributed by atoms with E-state index in [2.05, 4.69) is 334 Å². The highest BCUT2D eigenvalue weighted by molar-refractivity contribution is 7.22. The van der Waals surface area contributed by atoms with Gasteiger partial charge in [0.2, 0.25) is 22.8 Å². The van der Waals surface area contributed by atoms with Crippen LogP contribution in [0.2, 0.25) is 99.7 Å². The summed E-state index contributed by atoms with van der Waals surface area (Å²) in [6.07, 6.45) is 20.7. The van der Waals surface area contributed by atoms with E-state index < -0.39 is 92.0 Å². The van der Waals surface area contributed by atoms with Gasteiger partial charge in [0.05, 0.1) is 0 Å². The molecule has 0 atom stereocenters. The van der Waals surface area contributed by atoms with Crippen molar-refractivity contribution in [3.05, 3.63) is 360 Å². The molecule has 0 unspecified atom stereocenters. The van der Waals surface area contributed by atoms with Crippen molar-refractivity contribution in [2.45, 2.75) is 219 Å². The summed E-state index contributed by atoms with van der Waals surface area (Å²) in [5.74, 6) is 0. The predicted octanol–water partition coefficient (Wildman–Crippen LogP) is 20.4. The van der Waals surface area contributed by atoms with Gasteiger partial charge in [0.1, 0.15) is 92.8 Å². The SMILES string of the molecule is [2H]C([2H])([2H])c1c[n+](C)c(-c2ccccc2C)cc1-c1ccc2c(c1)[Si](C)(C)c1ccccc1[Si]2(C)C.[2H]C([2H])([2H])c1c[n+](C)c(-c2ccccc2C)cc1-c1ccc2c(c1)[Si]1(CC1)c1ccccc1[Si]2(C)C.[2H]C([2H])([2H])c1c[n+](C)c(-c2ccccc2C)cc1-c1ccc2c(c1)[Si]1(CCCC1)c1ccccc1[Si]21CCCC1.[2H]C([2H])([2H])c1c[n+](C)c(-c2ccccc2C)cc1-c1ccc2c(c1)[Si]1(CCCCC1)c1ccccc1[Si]21CCCCC1.